The van der Waals surface area contributed by atoms with Crippen LogP contribution in [0.15, 0.2) is 28.8 Å². The van der Waals surface area contributed by atoms with Gasteiger partial charge in [-0.3, -0.25) is 0 Å². The molecule has 0 amide bonds. The molecule has 5 nitrogen and oxygen atoms in total. The molecule has 0 fully saturated rings. The van der Waals surface area contributed by atoms with Gasteiger partial charge in [-0.2, -0.15) is 18.2 Å². The lowest BCUT2D eigenvalue weighted by atomic mass is 9.99. The zero-order valence-electron chi connectivity index (χ0n) is 13.1. The summed E-state index contributed by atoms with van der Waals surface area (Å²) in [5, 5.41) is 13.7. The van der Waals surface area contributed by atoms with E-state index >= 15 is 0 Å². The zero-order chi connectivity index (χ0) is 17.2. The Morgan fingerprint density at radius 3 is 2.54 bits per heavy atom. The lowest BCUT2D eigenvalue weighted by Gasteiger charge is -2.18. The third kappa shape index (κ3) is 4.93. The van der Waals surface area contributed by atoms with Crippen LogP contribution in [0.2, 0.25) is 0 Å². The third-order valence-corrected chi connectivity index (χ3v) is 3.49. The minimum Gasteiger partial charge on any atom is -0.383 e. The lowest BCUT2D eigenvalue weighted by Crippen LogP contribution is -2.34. The minimum absolute atomic E-state index is 0. The van der Waals surface area contributed by atoms with Gasteiger partial charge >= 0.3 is 6.18 Å². The van der Waals surface area contributed by atoms with Crippen molar-refractivity contribution in [2.45, 2.75) is 38.6 Å². The Bertz CT molecular complexity index is 661. The van der Waals surface area contributed by atoms with Crippen LogP contribution >= 0.6 is 12.4 Å². The van der Waals surface area contributed by atoms with E-state index in [1.54, 1.807) is 0 Å². The van der Waals surface area contributed by atoms with Gasteiger partial charge in [-0.15, -0.1) is 12.4 Å². The molecule has 2 aromatic rings. The minimum atomic E-state index is -4.41. The van der Waals surface area contributed by atoms with E-state index < -0.39 is 23.9 Å². The van der Waals surface area contributed by atoms with Crippen molar-refractivity contribution in [3.63, 3.8) is 0 Å². The van der Waals surface area contributed by atoms with Crippen LogP contribution in [0, 0.1) is 5.92 Å². The molecule has 0 aliphatic carbocycles. The van der Waals surface area contributed by atoms with E-state index in [2.05, 4.69) is 10.1 Å². The van der Waals surface area contributed by atoms with Crippen LogP contribution in [0.25, 0.3) is 0 Å². The molecule has 134 valence electrons. The van der Waals surface area contributed by atoms with Gasteiger partial charge in [0.1, 0.15) is 6.10 Å². The van der Waals surface area contributed by atoms with Gasteiger partial charge in [-0.25, -0.2) is 0 Å². The molecule has 0 spiro atoms. The molecule has 2 rings (SSSR count). The number of aliphatic hydroxyl groups is 1. The van der Waals surface area contributed by atoms with E-state index in [9.17, 15) is 18.3 Å². The highest BCUT2D eigenvalue weighted by Crippen LogP contribution is 2.30. The Morgan fingerprint density at radius 1 is 1.29 bits per heavy atom. The van der Waals surface area contributed by atoms with Crippen molar-refractivity contribution in [1.82, 2.24) is 10.1 Å². The molecular formula is C15H19ClF3N3O2. The smallest absolute Gasteiger partial charge is 0.383 e. The second kappa shape index (κ2) is 7.96. The number of alkyl halides is 3. The number of nitrogens with zero attached hydrogens (tertiary/aromatic N) is 2. The molecule has 1 heterocycles. The summed E-state index contributed by atoms with van der Waals surface area (Å²) in [5.41, 5.74) is 5.47. The van der Waals surface area contributed by atoms with Crippen LogP contribution < -0.4 is 5.73 Å². The van der Waals surface area contributed by atoms with E-state index in [1.165, 1.54) is 12.1 Å². The summed E-state index contributed by atoms with van der Waals surface area (Å²) in [5.74, 6) is 0.165. The summed E-state index contributed by atoms with van der Waals surface area (Å²) in [6, 6.07) is 4.32. The van der Waals surface area contributed by atoms with Crippen LogP contribution in [0.3, 0.4) is 0 Å². The Morgan fingerprint density at radius 2 is 1.96 bits per heavy atom. The van der Waals surface area contributed by atoms with Gasteiger partial charge in [0.2, 0.25) is 11.7 Å². The Labute approximate surface area is 143 Å². The summed E-state index contributed by atoms with van der Waals surface area (Å²) >= 11 is 0. The lowest BCUT2D eigenvalue weighted by molar-refractivity contribution is -0.137. The maximum Gasteiger partial charge on any atom is 0.416 e. The monoisotopic (exact) mass is 365 g/mol. The fourth-order valence-electron chi connectivity index (χ4n) is 2.03. The van der Waals surface area contributed by atoms with Crippen LogP contribution in [0.1, 0.15) is 42.8 Å². The number of hydrogen-bond donors (Lipinski definition) is 2. The quantitative estimate of drug-likeness (QED) is 0.850. The number of halogens is 4. The molecule has 0 radical (unpaired) electrons. The maximum absolute atomic E-state index is 12.7. The highest BCUT2D eigenvalue weighted by molar-refractivity contribution is 5.85. The third-order valence-electron chi connectivity index (χ3n) is 3.49. The number of benzene rings is 1. The normalized spacial score (nSPS) is 14.3. The van der Waals surface area contributed by atoms with Crippen molar-refractivity contribution >= 4 is 12.4 Å². The molecule has 24 heavy (non-hydrogen) atoms. The van der Waals surface area contributed by atoms with Crippen molar-refractivity contribution < 1.29 is 22.8 Å². The summed E-state index contributed by atoms with van der Waals surface area (Å²) in [6.07, 6.45) is -5.45. The Hall–Kier alpha value is -1.64. The predicted octanol–water partition coefficient (Wildman–Crippen LogP) is 3.12. The van der Waals surface area contributed by atoms with E-state index in [4.69, 9.17) is 10.3 Å². The maximum atomic E-state index is 12.7. The standard InChI is InChI=1S/C15H18F3N3O2.ClH/c1-8(2)12(19)13(22)14-20-11(23-21-14)7-9-4-3-5-10(6-9)15(16,17)18;/h3-6,8,12-13,22H,7,19H2,1-2H3;1H/t12-,13?;/m0./s1. The molecule has 1 aromatic heterocycles. The molecule has 0 aliphatic heterocycles. The van der Waals surface area contributed by atoms with Crippen molar-refractivity contribution in [1.29, 1.82) is 0 Å². The van der Waals surface area contributed by atoms with Crippen LogP contribution in [0.4, 0.5) is 13.2 Å². The first-order valence-electron chi connectivity index (χ1n) is 7.10. The van der Waals surface area contributed by atoms with Gasteiger partial charge in [0, 0.05) is 6.04 Å². The van der Waals surface area contributed by atoms with Crippen LogP contribution in [0.5, 0.6) is 0 Å². The zero-order valence-corrected chi connectivity index (χ0v) is 13.9. The van der Waals surface area contributed by atoms with E-state index in [0.29, 0.717) is 5.56 Å². The van der Waals surface area contributed by atoms with Crippen LogP contribution in [-0.2, 0) is 12.6 Å². The average Bonchev–Trinajstić information content (AvgIpc) is 2.93. The van der Waals surface area contributed by atoms with Crippen LogP contribution in [-0.4, -0.2) is 21.3 Å². The Kier molecular flexibility index (Phi) is 6.76. The van der Waals surface area contributed by atoms with Crippen molar-refractivity contribution in [2.75, 3.05) is 0 Å². The largest absolute Gasteiger partial charge is 0.416 e. The number of nitrogens with two attached hydrogens (primary N) is 1. The van der Waals surface area contributed by atoms with Gasteiger partial charge in [0.15, 0.2) is 0 Å². The molecule has 9 heteroatoms. The fraction of sp³-hybridized carbons (Fsp3) is 0.467. The van der Waals surface area contributed by atoms with Gasteiger partial charge < -0.3 is 15.4 Å². The predicted molar refractivity (Wildman–Crippen MR) is 83.6 cm³/mol. The van der Waals surface area contributed by atoms with Gasteiger partial charge in [0.25, 0.3) is 0 Å². The average molecular weight is 366 g/mol. The number of aromatic nitrogens is 2. The first kappa shape index (κ1) is 20.4. The summed E-state index contributed by atoms with van der Waals surface area (Å²) < 4.78 is 43.0. The van der Waals surface area contributed by atoms with E-state index in [-0.39, 0.29) is 36.5 Å². The van der Waals surface area contributed by atoms with E-state index in [0.717, 1.165) is 12.1 Å². The molecule has 2 atom stereocenters. The summed E-state index contributed by atoms with van der Waals surface area (Å²) in [6.45, 7) is 3.69. The molecule has 3 N–H and O–H groups in total. The molecular weight excluding hydrogens is 347 g/mol. The first-order valence-corrected chi connectivity index (χ1v) is 7.10. The Balaban J connectivity index is 0.00000288. The van der Waals surface area contributed by atoms with Crippen molar-refractivity contribution in [2.24, 2.45) is 11.7 Å². The van der Waals surface area contributed by atoms with Gasteiger partial charge in [-0.1, -0.05) is 37.2 Å². The number of hydrogen-bond acceptors (Lipinski definition) is 5. The number of aliphatic hydroxyl groups excluding tert-OH is 1. The van der Waals surface area contributed by atoms with Gasteiger partial charge in [0.05, 0.1) is 12.0 Å². The highest BCUT2D eigenvalue weighted by Gasteiger charge is 2.30. The molecule has 1 unspecified atom stereocenters. The molecule has 0 saturated carbocycles. The topological polar surface area (TPSA) is 85.2 Å². The molecule has 0 aliphatic rings. The summed E-state index contributed by atoms with van der Waals surface area (Å²) in [7, 11) is 0. The second-order valence-corrected chi connectivity index (χ2v) is 5.69. The van der Waals surface area contributed by atoms with E-state index in [1.807, 2.05) is 13.8 Å². The van der Waals surface area contributed by atoms with Crippen molar-refractivity contribution in [3.05, 3.63) is 47.1 Å². The summed E-state index contributed by atoms with van der Waals surface area (Å²) in [4.78, 5) is 4.01. The molecule has 0 bridgehead atoms. The first-order chi connectivity index (χ1) is 10.7. The number of rotatable bonds is 5. The molecule has 1 aromatic carbocycles. The second-order valence-electron chi connectivity index (χ2n) is 5.69. The molecule has 0 saturated heterocycles. The van der Waals surface area contributed by atoms with Crippen molar-refractivity contribution in [3.8, 4) is 0 Å². The highest BCUT2D eigenvalue weighted by atomic mass is 35.5. The van der Waals surface area contributed by atoms with Gasteiger partial charge in [-0.05, 0) is 17.5 Å². The SMILES string of the molecule is CC(C)[C@H](N)C(O)c1noc(Cc2cccc(C(F)(F)F)c2)n1.Cl. The fourth-order valence-corrected chi connectivity index (χ4v) is 2.03.